The molecule has 104 valence electrons. The van der Waals surface area contributed by atoms with Crippen LogP contribution in [0, 0.1) is 17.3 Å². The van der Waals surface area contributed by atoms with Gasteiger partial charge >= 0.3 is 0 Å². The maximum absolute atomic E-state index is 10.6. The van der Waals surface area contributed by atoms with Crippen LogP contribution in [0.15, 0.2) is 11.1 Å². The monoisotopic (exact) mass is 254 g/mol. The van der Waals surface area contributed by atoms with E-state index >= 15 is 0 Å². The van der Waals surface area contributed by atoms with Crippen molar-refractivity contribution < 1.29 is 15.3 Å². The molecule has 18 heavy (non-hydrogen) atoms. The molecule has 5 atom stereocenters. The van der Waals surface area contributed by atoms with E-state index in [9.17, 15) is 15.3 Å². The largest absolute Gasteiger partial charge is 0.392 e. The Morgan fingerprint density at radius 2 is 1.83 bits per heavy atom. The Morgan fingerprint density at radius 1 is 1.22 bits per heavy atom. The zero-order chi connectivity index (χ0) is 13.7. The summed E-state index contributed by atoms with van der Waals surface area (Å²) in [5.41, 5.74) is 1.42. The van der Waals surface area contributed by atoms with E-state index in [1.54, 1.807) is 0 Å². The normalized spacial score (nSPS) is 45.3. The van der Waals surface area contributed by atoms with Gasteiger partial charge in [-0.2, -0.15) is 0 Å². The number of hydrogen-bond acceptors (Lipinski definition) is 3. The molecule has 0 aromatic rings. The third-order valence-corrected chi connectivity index (χ3v) is 5.28. The summed E-state index contributed by atoms with van der Waals surface area (Å²) in [6, 6.07) is 0. The number of aliphatic hydroxyl groups is 3. The van der Waals surface area contributed by atoms with E-state index in [4.69, 9.17) is 0 Å². The average Bonchev–Trinajstić information content (AvgIpc) is 2.26. The van der Waals surface area contributed by atoms with Crippen LogP contribution in [0.2, 0.25) is 0 Å². The Hall–Kier alpha value is -0.380. The summed E-state index contributed by atoms with van der Waals surface area (Å²) in [6.45, 7) is 8.18. The summed E-state index contributed by atoms with van der Waals surface area (Å²) in [7, 11) is 0. The molecule has 2 rings (SSSR count). The predicted molar refractivity (Wildman–Crippen MR) is 71.0 cm³/mol. The molecule has 0 radical (unpaired) electrons. The van der Waals surface area contributed by atoms with Gasteiger partial charge in [-0.3, -0.25) is 0 Å². The van der Waals surface area contributed by atoms with Crippen LogP contribution in [-0.2, 0) is 0 Å². The highest BCUT2D eigenvalue weighted by Gasteiger charge is 2.50. The second-order valence-corrected chi connectivity index (χ2v) is 6.67. The van der Waals surface area contributed by atoms with Crippen molar-refractivity contribution in [1.82, 2.24) is 0 Å². The number of rotatable bonds is 1. The van der Waals surface area contributed by atoms with Crippen LogP contribution in [-0.4, -0.2) is 33.6 Å². The van der Waals surface area contributed by atoms with Crippen molar-refractivity contribution in [3.05, 3.63) is 11.1 Å². The molecule has 0 spiro atoms. The molecule has 0 aliphatic heterocycles. The van der Waals surface area contributed by atoms with Gasteiger partial charge in [0, 0.05) is 11.8 Å². The molecular formula is C15H26O3. The summed E-state index contributed by atoms with van der Waals surface area (Å²) in [5, 5.41) is 30.9. The van der Waals surface area contributed by atoms with Crippen LogP contribution < -0.4 is 0 Å². The lowest BCUT2D eigenvalue weighted by Crippen LogP contribution is -2.51. The van der Waals surface area contributed by atoms with Crippen LogP contribution in [0.5, 0.6) is 0 Å². The zero-order valence-corrected chi connectivity index (χ0v) is 11.8. The zero-order valence-electron chi connectivity index (χ0n) is 11.8. The minimum Gasteiger partial charge on any atom is -0.392 e. The molecule has 0 heterocycles. The van der Waals surface area contributed by atoms with Crippen molar-refractivity contribution in [2.45, 2.75) is 65.3 Å². The maximum atomic E-state index is 10.6. The Labute approximate surface area is 110 Å². The fourth-order valence-electron chi connectivity index (χ4n) is 3.87. The minimum absolute atomic E-state index is 0.237. The molecule has 2 aliphatic carbocycles. The number of aliphatic hydroxyl groups excluding tert-OH is 3. The molecule has 3 nitrogen and oxygen atoms in total. The third-order valence-electron chi connectivity index (χ3n) is 5.28. The molecule has 0 bridgehead atoms. The van der Waals surface area contributed by atoms with Crippen LogP contribution in [0.25, 0.3) is 0 Å². The van der Waals surface area contributed by atoms with Gasteiger partial charge in [0.25, 0.3) is 0 Å². The van der Waals surface area contributed by atoms with Gasteiger partial charge in [-0.15, -0.1) is 0 Å². The molecule has 2 aliphatic rings. The Kier molecular flexibility index (Phi) is 3.60. The average molecular weight is 254 g/mol. The van der Waals surface area contributed by atoms with Crippen molar-refractivity contribution >= 4 is 0 Å². The Bertz CT molecular complexity index is 361. The third kappa shape index (κ3) is 1.93. The fourth-order valence-corrected chi connectivity index (χ4v) is 3.87. The number of fused-ring (bicyclic) bond motifs is 1. The molecule has 0 unspecified atom stereocenters. The van der Waals surface area contributed by atoms with E-state index in [2.05, 4.69) is 13.8 Å². The lowest BCUT2D eigenvalue weighted by atomic mass is 9.57. The second kappa shape index (κ2) is 4.62. The van der Waals surface area contributed by atoms with E-state index in [-0.39, 0.29) is 11.3 Å². The van der Waals surface area contributed by atoms with Crippen LogP contribution in [0.3, 0.4) is 0 Å². The number of hydrogen-bond donors (Lipinski definition) is 3. The molecule has 3 heteroatoms. The van der Waals surface area contributed by atoms with Gasteiger partial charge in [0.1, 0.15) is 0 Å². The first-order valence-electron chi connectivity index (χ1n) is 7.04. The molecule has 1 saturated carbocycles. The first-order valence-corrected chi connectivity index (χ1v) is 7.04. The van der Waals surface area contributed by atoms with E-state index in [1.165, 1.54) is 0 Å². The lowest BCUT2D eigenvalue weighted by molar-refractivity contribution is -0.0479. The van der Waals surface area contributed by atoms with Gasteiger partial charge in [0.05, 0.1) is 18.3 Å². The van der Waals surface area contributed by atoms with Gasteiger partial charge in [-0.1, -0.05) is 20.8 Å². The highest BCUT2D eigenvalue weighted by molar-refractivity contribution is 5.34. The second-order valence-electron chi connectivity index (χ2n) is 6.67. The fraction of sp³-hybridized carbons (Fsp3) is 0.867. The van der Waals surface area contributed by atoms with Crippen molar-refractivity contribution in [3.63, 3.8) is 0 Å². The standard InChI is InChI=1S/C15H26O3/c1-8(2)10-5-6-15(4)12(17)7-11(16)9(3)13(15)14(10)18/h8,10-12,14,16-18H,5-7H2,1-4H3/t10-,11+,12+,14+,15-/m1/s1. The van der Waals surface area contributed by atoms with Crippen molar-refractivity contribution in [3.8, 4) is 0 Å². The summed E-state index contributed by atoms with van der Waals surface area (Å²) in [4.78, 5) is 0. The molecule has 0 aromatic carbocycles. The highest BCUT2D eigenvalue weighted by Crippen LogP contribution is 2.52. The topological polar surface area (TPSA) is 60.7 Å². The first kappa shape index (κ1) is 14.0. The highest BCUT2D eigenvalue weighted by atomic mass is 16.3. The van der Waals surface area contributed by atoms with E-state index < -0.39 is 18.3 Å². The van der Waals surface area contributed by atoms with Gasteiger partial charge in [0.15, 0.2) is 0 Å². The molecule has 0 amide bonds. The SMILES string of the molecule is CC1=C2[C@@H](O)[C@@H](C(C)C)CC[C@]2(C)[C@@H](O)C[C@@H]1O. The molecule has 3 N–H and O–H groups in total. The van der Waals surface area contributed by atoms with E-state index in [0.29, 0.717) is 12.3 Å². The van der Waals surface area contributed by atoms with Crippen molar-refractivity contribution in [1.29, 1.82) is 0 Å². The lowest BCUT2D eigenvalue weighted by Gasteiger charge is -2.51. The summed E-state index contributed by atoms with van der Waals surface area (Å²) in [5.74, 6) is 0.654. The quantitative estimate of drug-likeness (QED) is 0.626. The van der Waals surface area contributed by atoms with Crippen molar-refractivity contribution in [2.75, 3.05) is 0 Å². The smallest absolute Gasteiger partial charge is 0.0790 e. The van der Waals surface area contributed by atoms with Gasteiger partial charge in [-0.25, -0.2) is 0 Å². The van der Waals surface area contributed by atoms with E-state index in [1.807, 2.05) is 13.8 Å². The first-order chi connectivity index (χ1) is 8.29. The Morgan fingerprint density at radius 3 is 2.39 bits per heavy atom. The Balaban J connectivity index is 2.44. The van der Waals surface area contributed by atoms with Gasteiger partial charge < -0.3 is 15.3 Å². The van der Waals surface area contributed by atoms with Crippen LogP contribution in [0.4, 0.5) is 0 Å². The summed E-state index contributed by atoms with van der Waals surface area (Å²) in [6.07, 6.45) is 0.559. The van der Waals surface area contributed by atoms with Crippen LogP contribution >= 0.6 is 0 Å². The maximum Gasteiger partial charge on any atom is 0.0790 e. The summed E-state index contributed by atoms with van der Waals surface area (Å²) < 4.78 is 0. The summed E-state index contributed by atoms with van der Waals surface area (Å²) >= 11 is 0. The molecular weight excluding hydrogens is 228 g/mol. The molecule has 0 aromatic heterocycles. The molecule has 0 saturated heterocycles. The van der Waals surface area contributed by atoms with Crippen molar-refractivity contribution in [2.24, 2.45) is 17.3 Å². The van der Waals surface area contributed by atoms with Crippen LogP contribution in [0.1, 0.15) is 47.0 Å². The minimum atomic E-state index is -0.608. The molecule has 1 fully saturated rings. The van der Waals surface area contributed by atoms with Gasteiger partial charge in [0.2, 0.25) is 0 Å². The van der Waals surface area contributed by atoms with E-state index in [0.717, 1.165) is 24.0 Å². The predicted octanol–water partition coefficient (Wildman–Crippen LogP) is 1.86. The van der Waals surface area contributed by atoms with Gasteiger partial charge in [-0.05, 0) is 42.7 Å².